The molecular weight excluding hydrogens is 372 g/mol. The summed E-state index contributed by atoms with van der Waals surface area (Å²) in [5, 5.41) is 0.703. The van der Waals surface area contributed by atoms with Crippen LogP contribution in [0.5, 0.6) is 0 Å². The van der Waals surface area contributed by atoms with Crippen molar-refractivity contribution in [3.8, 4) is 0 Å². The first-order chi connectivity index (χ1) is 13.4. The standard InChI is InChI=1S/C23H27ClN2O2/c1-23(2,19-9-4-3-5-10-19)22(28)26-16-14-25(15-17-26)21(27)13-12-18-8-6-7-11-20(18)24/h3-11H,12-17H2,1-2H3. The van der Waals surface area contributed by atoms with Crippen molar-refractivity contribution >= 4 is 23.4 Å². The predicted molar refractivity (Wildman–Crippen MR) is 112 cm³/mol. The molecule has 0 aromatic heterocycles. The maximum atomic E-state index is 13.1. The quantitative estimate of drug-likeness (QED) is 0.765. The number of carbonyl (C=O) groups excluding carboxylic acids is 2. The summed E-state index contributed by atoms with van der Waals surface area (Å²) in [4.78, 5) is 29.3. The number of hydrogen-bond donors (Lipinski definition) is 0. The van der Waals surface area contributed by atoms with E-state index in [9.17, 15) is 9.59 Å². The highest BCUT2D eigenvalue weighted by atomic mass is 35.5. The lowest BCUT2D eigenvalue weighted by Crippen LogP contribution is -2.54. The monoisotopic (exact) mass is 398 g/mol. The molecule has 0 N–H and O–H groups in total. The Hall–Kier alpha value is -2.33. The molecule has 28 heavy (non-hydrogen) atoms. The first-order valence-corrected chi connectivity index (χ1v) is 10.1. The topological polar surface area (TPSA) is 40.6 Å². The van der Waals surface area contributed by atoms with Crippen molar-refractivity contribution in [2.45, 2.75) is 32.1 Å². The third kappa shape index (κ3) is 4.56. The Morgan fingerprint density at radius 2 is 1.46 bits per heavy atom. The minimum Gasteiger partial charge on any atom is -0.339 e. The maximum absolute atomic E-state index is 13.1. The smallest absolute Gasteiger partial charge is 0.232 e. The van der Waals surface area contributed by atoms with Crippen LogP contribution >= 0.6 is 11.6 Å². The van der Waals surface area contributed by atoms with Gasteiger partial charge in [-0.3, -0.25) is 9.59 Å². The molecule has 1 aliphatic rings. The molecule has 2 amide bonds. The summed E-state index contributed by atoms with van der Waals surface area (Å²) in [6, 6.07) is 17.5. The number of hydrogen-bond acceptors (Lipinski definition) is 2. The van der Waals surface area contributed by atoms with Crippen LogP contribution in [0.25, 0.3) is 0 Å². The van der Waals surface area contributed by atoms with E-state index in [2.05, 4.69) is 0 Å². The molecule has 0 aliphatic carbocycles. The number of piperazine rings is 1. The fourth-order valence-corrected chi connectivity index (χ4v) is 3.86. The van der Waals surface area contributed by atoms with E-state index in [1.54, 1.807) is 0 Å². The molecule has 3 rings (SSSR count). The van der Waals surface area contributed by atoms with Crippen LogP contribution in [0.1, 0.15) is 31.4 Å². The van der Waals surface area contributed by atoms with Crippen molar-refractivity contribution in [3.05, 3.63) is 70.7 Å². The second-order valence-corrected chi connectivity index (χ2v) is 8.16. The lowest BCUT2D eigenvalue weighted by molar-refractivity contribution is -0.142. The second-order valence-electron chi connectivity index (χ2n) is 7.76. The van der Waals surface area contributed by atoms with E-state index in [4.69, 9.17) is 11.6 Å². The number of benzene rings is 2. The molecule has 0 unspecified atom stereocenters. The Kier molecular flexibility index (Phi) is 6.40. The highest BCUT2D eigenvalue weighted by molar-refractivity contribution is 6.31. The van der Waals surface area contributed by atoms with E-state index in [0.29, 0.717) is 44.0 Å². The molecular formula is C23H27ClN2O2. The summed E-state index contributed by atoms with van der Waals surface area (Å²) in [5.74, 6) is 0.233. The van der Waals surface area contributed by atoms with Gasteiger partial charge in [0.15, 0.2) is 0 Å². The molecule has 5 heteroatoms. The van der Waals surface area contributed by atoms with Gasteiger partial charge < -0.3 is 9.80 Å². The Bertz CT molecular complexity index is 828. The van der Waals surface area contributed by atoms with Gasteiger partial charge in [-0.05, 0) is 37.5 Å². The Morgan fingerprint density at radius 1 is 0.893 bits per heavy atom. The van der Waals surface area contributed by atoms with Gasteiger partial charge in [-0.15, -0.1) is 0 Å². The molecule has 1 saturated heterocycles. The van der Waals surface area contributed by atoms with E-state index < -0.39 is 5.41 Å². The van der Waals surface area contributed by atoms with Gasteiger partial charge in [-0.1, -0.05) is 60.1 Å². The average Bonchev–Trinajstić information content (AvgIpc) is 2.73. The van der Waals surface area contributed by atoms with E-state index in [1.807, 2.05) is 78.2 Å². The SMILES string of the molecule is CC(C)(C(=O)N1CCN(C(=O)CCc2ccccc2Cl)CC1)c1ccccc1. The van der Waals surface area contributed by atoms with Crippen LogP contribution in [0, 0.1) is 0 Å². The third-order valence-corrected chi connectivity index (χ3v) is 5.88. The fourth-order valence-electron chi connectivity index (χ4n) is 3.63. The van der Waals surface area contributed by atoms with Crippen LogP contribution in [0.3, 0.4) is 0 Å². The van der Waals surface area contributed by atoms with Gasteiger partial charge in [0.1, 0.15) is 0 Å². The Balaban J connectivity index is 1.53. The van der Waals surface area contributed by atoms with E-state index in [-0.39, 0.29) is 11.8 Å². The zero-order valence-electron chi connectivity index (χ0n) is 16.5. The van der Waals surface area contributed by atoms with Gasteiger partial charge in [0.05, 0.1) is 5.41 Å². The lowest BCUT2D eigenvalue weighted by atomic mass is 9.83. The molecule has 0 bridgehead atoms. The van der Waals surface area contributed by atoms with E-state index in [1.165, 1.54) is 0 Å². The minimum absolute atomic E-state index is 0.113. The van der Waals surface area contributed by atoms with Crippen LogP contribution in [0.2, 0.25) is 5.02 Å². The zero-order valence-corrected chi connectivity index (χ0v) is 17.3. The first kappa shape index (κ1) is 20.4. The zero-order chi connectivity index (χ0) is 20.1. The Labute approximate surface area is 172 Å². The van der Waals surface area contributed by atoms with Crippen LogP contribution in [-0.4, -0.2) is 47.8 Å². The normalized spacial score (nSPS) is 14.8. The van der Waals surface area contributed by atoms with Gasteiger partial charge in [-0.25, -0.2) is 0 Å². The third-order valence-electron chi connectivity index (χ3n) is 5.52. The van der Waals surface area contributed by atoms with Crippen LogP contribution < -0.4 is 0 Å². The molecule has 0 spiro atoms. The number of halogens is 1. The second kappa shape index (κ2) is 8.78. The minimum atomic E-state index is -0.572. The molecule has 4 nitrogen and oxygen atoms in total. The Morgan fingerprint density at radius 3 is 2.11 bits per heavy atom. The maximum Gasteiger partial charge on any atom is 0.232 e. The van der Waals surface area contributed by atoms with E-state index >= 15 is 0 Å². The summed E-state index contributed by atoms with van der Waals surface area (Å²) < 4.78 is 0. The van der Waals surface area contributed by atoms with Crippen molar-refractivity contribution in [1.82, 2.24) is 9.80 Å². The highest BCUT2D eigenvalue weighted by Crippen LogP contribution is 2.26. The van der Waals surface area contributed by atoms with Crippen molar-refractivity contribution in [2.75, 3.05) is 26.2 Å². The largest absolute Gasteiger partial charge is 0.339 e. The number of aryl methyl sites for hydroxylation is 1. The number of carbonyl (C=O) groups is 2. The predicted octanol–water partition coefficient (Wildman–Crippen LogP) is 3.92. The molecule has 0 radical (unpaired) electrons. The summed E-state index contributed by atoms with van der Waals surface area (Å²) in [6.07, 6.45) is 1.08. The molecule has 1 fully saturated rings. The van der Waals surface area contributed by atoms with E-state index in [0.717, 1.165) is 11.1 Å². The molecule has 2 aromatic carbocycles. The van der Waals surface area contributed by atoms with Gasteiger partial charge in [0.2, 0.25) is 11.8 Å². The highest BCUT2D eigenvalue weighted by Gasteiger charge is 2.35. The first-order valence-electron chi connectivity index (χ1n) is 9.75. The summed E-state index contributed by atoms with van der Waals surface area (Å²) >= 11 is 6.17. The van der Waals surface area contributed by atoms with Crippen molar-refractivity contribution < 1.29 is 9.59 Å². The van der Waals surface area contributed by atoms with Crippen LogP contribution in [0.15, 0.2) is 54.6 Å². The van der Waals surface area contributed by atoms with Crippen molar-refractivity contribution in [2.24, 2.45) is 0 Å². The fraction of sp³-hybridized carbons (Fsp3) is 0.391. The van der Waals surface area contributed by atoms with Crippen molar-refractivity contribution in [1.29, 1.82) is 0 Å². The van der Waals surface area contributed by atoms with Gasteiger partial charge in [0, 0.05) is 37.6 Å². The molecule has 1 heterocycles. The number of rotatable bonds is 5. The molecule has 0 saturated carbocycles. The van der Waals surface area contributed by atoms with Gasteiger partial charge in [0.25, 0.3) is 0 Å². The van der Waals surface area contributed by atoms with Gasteiger partial charge in [-0.2, -0.15) is 0 Å². The molecule has 0 atom stereocenters. The lowest BCUT2D eigenvalue weighted by Gasteiger charge is -2.39. The average molecular weight is 399 g/mol. The number of nitrogens with zero attached hydrogens (tertiary/aromatic N) is 2. The summed E-state index contributed by atoms with van der Waals surface area (Å²) in [7, 11) is 0. The molecule has 1 aliphatic heterocycles. The van der Waals surface area contributed by atoms with Crippen LogP contribution in [-0.2, 0) is 21.4 Å². The number of amides is 2. The summed E-state index contributed by atoms with van der Waals surface area (Å²) in [5.41, 5.74) is 1.44. The van der Waals surface area contributed by atoms with Crippen molar-refractivity contribution in [3.63, 3.8) is 0 Å². The summed E-state index contributed by atoms with van der Waals surface area (Å²) in [6.45, 7) is 6.24. The molecule has 148 valence electrons. The van der Waals surface area contributed by atoms with Crippen LogP contribution in [0.4, 0.5) is 0 Å². The van der Waals surface area contributed by atoms with Gasteiger partial charge >= 0.3 is 0 Å². The molecule has 2 aromatic rings.